The molecule has 0 aliphatic rings. The van der Waals surface area contributed by atoms with E-state index in [4.69, 9.17) is 26.6 Å². The van der Waals surface area contributed by atoms with Gasteiger partial charge in [0.15, 0.2) is 0 Å². The molecule has 0 aliphatic heterocycles. The van der Waals surface area contributed by atoms with Crippen molar-refractivity contribution < 1.29 is 26.6 Å². The molecule has 0 saturated carbocycles. The monoisotopic (exact) mass is 525 g/mol. The molecule has 0 fully saturated rings. The Labute approximate surface area is 208 Å². The number of rotatable bonds is 21. The van der Waals surface area contributed by atoms with E-state index in [1.807, 2.05) is 41.5 Å². The van der Waals surface area contributed by atoms with Crippen LogP contribution >= 0.6 is 0 Å². The number of hydrogen-bond acceptors (Lipinski definition) is 7. The third-order valence-electron chi connectivity index (χ3n) is 5.89. The Balaban J connectivity index is 5.39. The normalized spacial score (nSPS) is 15.3. The van der Waals surface area contributed by atoms with Crippen molar-refractivity contribution in [3.8, 4) is 0 Å². The maximum Gasteiger partial charge on any atom is 0.503 e. The molecule has 33 heavy (non-hydrogen) atoms. The minimum absolute atomic E-state index is 0.248. The first-order valence-electron chi connectivity index (χ1n) is 13.1. The molecule has 0 aromatic carbocycles. The van der Waals surface area contributed by atoms with Gasteiger partial charge < -0.3 is 31.1 Å². The van der Waals surface area contributed by atoms with E-state index in [9.17, 15) is 0 Å². The summed E-state index contributed by atoms with van der Waals surface area (Å²) >= 11 is 0. The van der Waals surface area contributed by atoms with Gasteiger partial charge in [0.1, 0.15) is 8.24 Å². The summed E-state index contributed by atoms with van der Waals surface area (Å²) in [5, 5.41) is 0. The van der Waals surface area contributed by atoms with Crippen LogP contribution < -0.4 is 0 Å². The van der Waals surface area contributed by atoms with Crippen LogP contribution in [0.2, 0.25) is 30.7 Å². The highest BCUT2D eigenvalue weighted by molar-refractivity contribution is 6.73. The lowest BCUT2D eigenvalue weighted by atomic mass is 10.3. The first-order chi connectivity index (χ1) is 15.5. The molecule has 0 amide bonds. The van der Waals surface area contributed by atoms with Crippen LogP contribution in [0.15, 0.2) is 0 Å². The molecule has 7 nitrogen and oxygen atoms in total. The van der Waals surface area contributed by atoms with E-state index in [2.05, 4.69) is 38.1 Å². The Morgan fingerprint density at radius 1 is 0.515 bits per heavy atom. The summed E-state index contributed by atoms with van der Waals surface area (Å²) in [6.45, 7) is 29.6. The summed E-state index contributed by atoms with van der Waals surface area (Å²) < 4.78 is 39.6. The summed E-state index contributed by atoms with van der Waals surface area (Å²) in [6, 6.07) is 0. The number of nitrogens with zero attached hydrogens (tertiary/aromatic N) is 1. The van der Waals surface area contributed by atoms with Crippen LogP contribution in [0.4, 0.5) is 0 Å². The molecule has 0 aliphatic carbocycles. The Morgan fingerprint density at radius 2 is 0.758 bits per heavy atom. The first-order valence-corrected chi connectivity index (χ1v) is 20.2. The highest BCUT2D eigenvalue weighted by Gasteiger charge is 2.48. The van der Waals surface area contributed by atoms with Crippen molar-refractivity contribution in [2.45, 2.75) is 99.0 Å². The molecule has 10 heteroatoms. The van der Waals surface area contributed by atoms with Crippen molar-refractivity contribution in [3.05, 3.63) is 0 Å². The van der Waals surface area contributed by atoms with Crippen LogP contribution in [0.25, 0.3) is 0 Å². The van der Waals surface area contributed by atoms with Gasteiger partial charge in [0.2, 0.25) is 0 Å². The fraction of sp³-hybridized carbons (Fsp3) is 1.00. The van der Waals surface area contributed by atoms with Crippen LogP contribution in [0.1, 0.15) is 68.2 Å². The average Bonchev–Trinajstić information content (AvgIpc) is 2.73. The SMILES string of the molecule is CCO[Si](OCC)(OCC)C(C)CCN(CCC(C)[Si](OCC)(OCC)OCC)[Si](C)(C)C. The van der Waals surface area contributed by atoms with E-state index >= 15 is 0 Å². The van der Waals surface area contributed by atoms with Crippen molar-refractivity contribution in [3.63, 3.8) is 0 Å². The van der Waals surface area contributed by atoms with Crippen molar-refractivity contribution in [2.75, 3.05) is 52.7 Å². The zero-order chi connectivity index (χ0) is 25.5. The van der Waals surface area contributed by atoms with E-state index in [1.54, 1.807) is 0 Å². The molecule has 0 aromatic heterocycles. The van der Waals surface area contributed by atoms with Crippen LogP contribution in [-0.2, 0) is 26.6 Å². The maximum atomic E-state index is 6.16. The molecule has 0 spiro atoms. The quantitative estimate of drug-likeness (QED) is 0.176. The standard InChI is InChI=1S/C23H55NO6Si3/c1-12-25-32(26-13-2,27-14-3)22(7)18-20-24(31(9,10)11)21-19-23(8)33(28-15-4,29-16-5)30-17-6/h22-23H,12-21H2,1-11H3. The van der Waals surface area contributed by atoms with Crippen molar-refractivity contribution in [2.24, 2.45) is 0 Å². The Bertz CT molecular complexity index is 425. The summed E-state index contributed by atoms with van der Waals surface area (Å²) in [6.07, 6.45) is 1.99. The van der Waals surface area contributed by atoms with E-state index < -0.39 is 25.8 Å². The van der Waals surface area contributed by atoms with Gasteiger partial charge >= 0.3 is 17.6 Å². The van der Waals surface area contributed by atoms with Gasteiger partial charge in [-0.1, -0.05) is 33.5 Å². The summed E-state index contributed by atoms with van der Waals surface area (Å²) in [4.78, 5) is 0. The van der Waals surface area contributed by atoms with E-state index in [1.165, 1.54) is 0 Å². The summed E-state index contributed by atoms with van der Waals surface area (Å²) in [5.74, 6) is 0. The van der Waals surface area contributed by atoms with E-state index in [-0.39, 0.29) is 11.1 Å². The van der Waals surface area contributed by atoms with Crippen molar-refractivity contribution in [1.82, 2.24) is 4.57 Å². The van der Waals surface area contributed by atoms with Gasteiger partial charge in [-0.2, -0.15) is 0 Å². The molecule has 0 radical (unpaired) electrons. The second-order valence-electron chi connectivity index (χ2n) is 9.34. The third-order valence-corrected chi connectivity index (χ3v) is 15.4. The zero-order valence-corrected chi connectivity index (χ0v) is 26.6. The number of hydrogen-bond donors (Lipinski definition) is 0. The molecule has 0 aromatic rings. The van der Waals surface area contributed by atoms with Gasteiger partial charge in [-0.25, -0.2) is 0 Å². The molecular formula is C23H55NO6Si3. The summed E-state index contributed by atoms with van der Waals surface area (Å²) in [7, 11) is -6.92. The molecule has 0 rings (SSSR count). The summed E-state index contributed by atoms with van der Waals surface area (Å²) in [5.41, 5.74) is 0.495. The fourth-order valence-corrected chi connectivity index (χ4v) is 11.3. The van der Waals surface area contributed by atoms with Crippen LogP contribution in [0, 0.1) is 0 Å². The van der Waals surface area contributed by atoms with Gasteiger partial charge in [0, 0.05) is 50.7 Å². The molecule has 0 bridgehead atoms. The van der Waals surface area contributed by atoms with Crippen molar-refractivity contribution >= 4 is 25.8 Å². The Hall–Kier alpha value is 0.371. The van der Waals surface area contributed by atoms with E-state index in [0.29, 0.717) is 39.6 Å². The van der Waals surface area contributed by atoms with Gasteiger partial charge in [-0.3, -0.25) is 0 Å². The molecule has 2 unspecified atom stereocenters. The molecule has 0 heterocycles. The molecule has 0 saturated heterocycles. The molecule has 200 valence electrons. The predicted octanol–water partition coefficient (Wildman–Crippen LogP) is 5.78. The lowest BCUT2D eigenvalue weighted by Crippen LogP contribution is -2.53. The lowest BCUT2D eigenvalue weighted by molar-refractivity contribution is 0.0602. The molecular weight excluding hydrogens is 471 g/mol. The van der Waals surface area contributed by atoms with Gasteiger partial charge in [0.05, 0.1) is 0 Å². The van der Waals surface area contributed by atoms with Crippen molar-refractivity contribution in [1.29, 1.82) is 0 Å². The second kappa shape index (κ2) is 16.9. The highest BCUT2D eigenvalue weighted by Crippen LogP contribution is 2.32. The van der Waals surface area contributed by atoms with Crippen LogP contribution in [-0.4, -0.2) is 83.1 Å². The minimum atomic E-state index is -2.70. The largest absolute Gasteiger partial charge is 0.503 e. The Morgan fingerprint density at radius 3 is 0.939 bits per heavy atom. The molecule has 2 atom stereocenters. The zero-order valence-electron chi connectivity index (χ0n) is 23.6. The maximum absolute atomic E-state index is 6.16. The van der Waals surface area contributed by atoms with E-state index in [0.717, 1.165) is 25.9 Å². The predicted molar refractivity (Wildman–Crippen MR) is 144 cm³/mol. The second-order valence-corrected chi connectivity index (χ2v) is 20.4. The van der Waals surface area contributed by atoms with Crippen LogP contribution in [0.5, 0.6) is 0 Å². The smallest absolute Gasteiger partial charge is 0.374 e. The fourth-order valence-electron chi connectivity index (χ4n) is 4.15. The topological polar surface area (TPSA) is 58.6 Å². The minimum Gasteiger partial charge on any atom is -0.374 e. The average molecular weight is 526 g/mol. The van der Waals surface area contributed by atoms with Crippen LogP contribution in [0.3, 0.4) is 0 Å². The Kier molecular flexibility index (Phi) is 17.1. The van der Waals surface area contributed by atoms with Gasteiger partial charge in [-0.05, 0) is 67.5 Å². The lowest BCUT2D eigenvalue weighted by Gasteiger charge is -2.39. The van der Waals surface area contributed by atoms with Gasteiger partial charge in [-0.15, -0.1) is 0 Å². The first kappa shape index (κ1) is 33.4. The highest BCUT2D eigenvalue weighted by atomic mass is 28.4. The molecule has 0 N–H and O–H groups in total. The van der Waals surface area contributed by atoms with Gasteiger partial charge in [0.25, 0.3) is 0 Å². The third kappa shape index (κ3) is 10.9.